The fraction of sp³-hybridized carbons (Fsp3) is 0.222. The van der Waals surface area contributed by atoms with Crippen LogP contribution in [0.3, 0.4) is 0 Å². The predicted octanol–water partition coefficient (Wildman–Crippen LogP) is 3.28. The van der Waals surface area contributed by atoms with Crippen LogP contribution in [-0.4, -0.2) is 24.7 Å². The number of nitrogens with zero attached hydrogens (tertiary/aromatic N) is 1. The Morgan fingerprint density at radius 3 is 2.95 bits per heavy atom. The molecular formula is C18H19NO3. The average Bonchev–Trinajstić information content (AvgIpc) is 2.58. The van der Waals surface area contributed by atoms with E-state index in [9.17, 15) is 4.79 Å². The van der Waals surface area contributed by atoms with Gasteiger partial charge in [-0.3, -0.25) is 4.98 Å². The van der Waals surface area contributed by atoms with Crippen molar-refractivity contribution in [3.63, 3.8) is 0 Å². The molecule has 0 aliphatic heterocycles. The van der Waals surface area contributed by atoms with Crippen molar-refractivity contribution in [3.05, 3.63) is 66.0 Å². The summed E-state index contributed by atoms with van der Waals surface area (Å²) in [5, 5.41) is 0. The molecule has 2 rings (SSSR count). The maximum absolute atomic E-state index is 11.6. The van der Waals surface area contributed by atoms with Gasteiger partial charge >= 0.3 is 5.97 Å². The summed E-state index contributed by atoms with van der Waals surface area (Å²) in [6.45, 7) is 0.399. The summed E-state index contributed by atoms with van der Waals surface area (Å²) >= 11 is 0. The molecule has 1 aromatic heterocycles. The summed E-state index contributed by atoms with van der Waals surface area (Å²) in [5.74, 6) is 0.418. The van der Waals surface area contributed by atoms with Crippen LogP contribution in [0.25, 0.3) is 6.08 Å². The second kappa shape index (κ2) is 8.62. The maximum Gasteiger partial charge on any atom is 0.330 e. The number of ether oxygens (including phenoxy) is 2. The summed E-state index contributed by atoms with van der Waals surface area (Å²) in [7, 11) is 1.61. The average molecular weight is 297 g/mol. The minimum absolute atomic E-state index is 0.339. The van der Waals surface area contributed by atoms with Crippen molar-refractivity contribution in [2.24, 2.45) is 0 Å². The van der Waals surface area contributed by atoms with Crippen LogP contribution in [-0.2, 0) is 16.0 Å². The van der Waals surface area contributed by atoms with Gasteiger partial charge < -0.3 is 9.47 Å². The van der Waals surface area contributed by atoms with E-state index >= 15 is 0 Å². The Kier molecular flexibility index (Phi) is 6.18. The van der Waals surface area contributed by atoms with Crippen molar-refractivity contribution in [1.29, 1.82) is 0 Å². The van der Waals surface area contributed by atoms with Gasteiger partial charge in [0.2, 0.25) is 0 Å². The minimum atomic E-state index is -0.339. The van der Waals surface area contributed by atoms with E-state index in [2.05, 4.69) is 4.98 Å². The first-order valence-corrected chi connectivity index (χ1v) is 7.16. The molecule has 2 aromatic rings. The van der Waals surface area contributed by atoms with Crippen LogP contribution < -0.4 is 4.74 Å². The summed E-state index contributed by atoms with van der Waals surface area (Å²) in [5.41, 5.74) is 2.04. The van der Waals surface area contributed by atoms with Gasteiger partial charge in [-0.05, 0) is 48.2 Å². The van der Waals surface area contributed by atoms with Gasteiger partial charge in [-0.2, -0.15) is 0 Å². The zero-order valence-corrected chi connectivity index (χ0v) is 12.6. The zero-order chi connectivity index (χ0) is 15.6. The molecule has 0 aliphatic carbocycles. The highest BCUT2D eigenvalue weighted by atomic mass is 16.5. The smallest absolute Gasteiger partial charge is 0.330 e. The maximum atomic E-state index is 11.6. The molecule has 4 heteroatoms. The highest BCUT2D eigenvalue weighted by molar-refractivity contribution is 5.87. The lowest BCUT2D eigenvalue weighted by Gasteiger charge is -2.02. The number of esters is 1. The zero-order valence-electron chi connectivity index (χ0n) is 12.6. The van der Waals surface area contributed by atoms with Crippen LogP contribution >= 0.6 is 0 Å². The summed E-state index contributed by atoms with van der Waals surface area (Å²) in [6, 6.07) is 11.4. The first kappa shape index (κ1) is 15.8. The molecule has 0 N–H and O–H groups in total. The van der Waals surface area contributed by atoms with Gasteiger partial charge in [-0.1, -0.05) is 18.2 Å². The highest BCUT2D eigenvalue weighted by Gasteiger charge is 1.99. The van der Waals surface area contributed by atoms with Crippen LogP contribution in [0, 0.1) is 0 Å². The molecule has 0 aliphatic rings. The predicted molar refractivity (Wildman–Crippen MR) is 85.5 cm³/mol. The van der Waals surface area contributed by atoms with Gasteiger partial charge in [0.25, 0.3) is 0 Å². The molecule has 0 amide bonds. The molecule has 4 nitrogen and oxygen atoms in total. The quantitative estimate of drug-likeness (QED) is 0.447. The van der Waals surface area contributed by atoms with Gasteiger partial charge in [-0.15, -0.1) is 0 Å². The van der Waals surface area contributed by atoms with E-state index in [4.69, 9.17) is 9.47 Å². The van der Waals surface area contributed by atoms with E-state index in [1.165, 1.54) is 6.08 Å². The van der Waals surface area contributed by atoms with Crippen molar-refractivity contribution in [2.75, 3.05) is 13.7 Å². The molecule has 0 radical (unpaired) electrons. The van der Waals surface area contributed by atoms with Gasteiger partial charge in [0.1, 0.15) is 5.75 Å². The Labute approximate surface area is 130 Å². The number of aryl methyl sites for hydroxylation is 1. The Bertz CT molecular complexity index is 623. The molecular weight excluding hydrogens is 278 g/mol. The van der Waals surface area contributed by atoms with Crippen LogP contribution in [0.1, 0.15) is 17.5 Å². The first-order chi connectivity index (χ1) is 10.8. The number of pyridine rings is 1. The third-order valence-electron chi connectivity index (χ3n) is 3.08. The number of aromatic nitrogens is 1. The summed E-state index contributed by atoms with van der Waals surface area (Å²) < 4.78 is 10.3. The van der Waals surface area contributed by atoms with E-state index in [-0.39, 0.29) is 5.97 Å². The number of carbonyl (C=O) groups excluding carboxylic acids is 1. The Morgan fingerprint density at radius 1 is 1.27 bits per heavy atom. The Hall–Kier alpha value is -2.62. The van der Waals surface area contributed by atoms with Crippen LogP contribution in [0.15, 0.2) is 54.9 Å². The number of hydrogen-bond donors (Lipinski definition) is 0. The number of hydrogen-bond acceptors (Lipinski definition) is 4. The van der Waals surface area contributed by atoms with Gasteiger partial charge in [0.05, 0.1) is 13.7 Å². The van der Waals surface area contributed by atoms with E-state index in [1.807, 2.05) is 42.6 Å². The number of benzene rings is 1. The van der Waals surface area contributed by atoms with Crippen LogP contribution in [0.2, 0.25) is 0 Å². The van der Waals surface area contributed by atoms with Gasteiger partial charge in [-0.25, -0.2) is 4.79 Å². The molecule has 0 unspecified atom stereocenters. The number of carbonyl (C=O) groups is 1. The Morgan fingerprint density at radius 2 is 2.18 bits per heavy atom. The molecule has 0 atom stereocenters. The molecule has 0 bridgehead atoms. The summed E-state index contributed by atoms with van der Waals surface area (Å²) in [6.07, 6.45) is 8.34. The van der Waals surface area contributed by atoms with E-state index < -0.39 is 0 Å². The molecule has 0 spiro atoms. The third kappa shape index (κ3) is 5.40. The van der Waals surface area contributed by atoms with E-state index in [0.717, 1.165) is 29.7 Å². The highest BCUT2D eigenvalue weighted by Crippen LogP contribution is 2.13. The third-order valence-corrected chi connectivity index (χ3v) is 3.08. The molecule has 22 heavy (non-hydrogen) atoms. The van der Waals surface area contributed by atoms with E-state index in [1.54, 1.807) is 19.4 Å². The Balaban J connectivity index is 1.72. The SMILES string of the molecule is COc1cccc(C=CC(=O)OCCCc2cccnc2)c1. The summed E-state index contributed by atoms with van der Waals surface area (Å²) in [4.78, 5) is 15.7. The van der Waals surface area contributed by atoms with Crippen molar-refractivity contribution in [2.45, 2.75) is 12.8 Å². The van der Waals surface area contributed by atoms with Crippen LogP contribution in [0.4, 0.5) is 0 Å². The van der Waals surface area contributed by atoms with Gasteiger partial charge in [0.15, 0.2) is 0 Å². The van der Waals surface area contributed by atoms with Gasteiger partial charge in [0, 0.05) is 18.5 Å². The second-order valence-corrected chi connectivity index (χ2v) is 4.74. The van der Waals surface area contributed by atoms with Crippen molar-refractivity contribution in [1.82, 2.24) is 4.98 Å². The normalized spacial score (nSPS) is 10.6. The standard InChI is InChI=1S/C18H19NO3/c1-21-17-8-2-5-15(13-17)9-10-18(20)22-12-4-7-16-6-3-11-19-14-16/h2-3,5-6,8-11,13-14H,4,7,12H2,1H3. The molecule has 1 aromatic carbocycles. The second-order valence-electron chi connectivity index (χ2n) is 4.74. The molecule has 0 fully saturated rings. The fourth-order valence-corrected chi connectivity index (χ4v) is 1.95. The lowest BCUT2D eigenvalue weighted by atomic mass is 10.2. The molecule has 0 saturated heterocycles. The fourth-order valence-electron chi connectivity index (χ4n) is 1.95. The largest absolute Gasteiger partial charge is 0.497 e. The molecule has 1 heterocycles. The lowest BCUT2D eigenvalue weighted by Crippen LogP contribution is -2.03. The molecule has 114 valence electrons. The topological polar surface area (TPSA) is 48.4 Å². The van der Waals surface area contributed by atoms with Crippen molar-refractivity contribution in [3.8, 4) is 5.75 Å². The van der Waals surface area contributed by atoms with E-state index in [0.29, 0.717) is 6.61 Å². The van der Waals surface area contributed by atoms with Crippen molar-refractivity contribution >= 4 is 12.0 Å². The monoisotopic (exact) mass is 297 g/mol. The number of rotatable bonds is 7. The van der Waals surface area contributed by atoms with Crippen molar-refractivity contribution < 1.29 is 14.3 Å². The van der Waals surface area contributed by atoms with Crippen LogP contribution in [0.5, 0.6) is 5.75 Å². The first-order valence-electron chi connectivity index (χ1n) is 7.16. The minimum Gasteiger partial charge on any atom is -0.497 e. The number of methoxy groups -OCH3 is 1. The lowest BCUT2D eigenvalue weighted by molar-refractivity contribution is -0.137. The molecule has 0 saturated carbocycles.